The molecule has 36 heavy (non-hydrogen) atoms. The summed E-state index contributed by atoms with van der Waals surface area (Å²) in [6.07, 6.45) is 1.55. The highest BCUT2D eigenvalue weighted by Crippen LogP contribution is 2.47. The highest BCUT2D eigenvalue weighted by molar-refractivity contribution is 6.46. The van der Waals surface area contributed by atoms with Gasteiger partial charge in [-0.3, -0.25) is 14.6 Å². The van der Waals surface area contributed by atoms with Crippen molar-refractivity contribution >= 4 is 40.7 Å². The fraction of sp³-hybridized carbons (Fsp3) is 0.192. The molecule has 10 heteroatoms. The maximum absolute atomic E-state index is 13.3. The molecule has 0 aliphatic carbocycles. The van der Waals surface area contributed by atoms with Gasteiger partial charge in [-0.2, -0.15) is 0 Å². The lowest BCUT2D eigenvalue weighted by Crippen LogP contribution is -2.29. The predicted octanol–water partition coefficient (Wildman–Crippen LogP) is 5.04. The van der Waals surface area contributed by atoms with E-state index in [1.165, 1.54) is 25.2 Å². The number of hydrogen-bond acceptors (Lipinski definition) is 7. The van der Waals surface area contributed by atoms with Gasteiger partial charge < -0.3 is 24.2 Å². The molecule has 4 rings (SSSR count). The van der Waals surface area contributed by atoms with Crippen molar-refractivity contribution in [3.8, 4) is 17.2 Å². The Morgan fingerprint density at radius 3 is 2.28 bits per heavy atom. The molecule has 0 bridgehead atoms. The second-order valence-corrected chi connectivity index (χ2v) is 8.60. The number of likely N-dealkylation sites (tertiary alicyclic amines) is 1. The smallest absolute Gasteiger partial charge is 0.296 e. The van der Waals surface area contributed by atoms with Gasteiger partial charge in [-0.25, -0.2) is 0 Å². The molecule has 1 fully saturated rings. The molecule has 186 valence electrons. The zero-order chi connectivity index (χ0) is 26.0. The van der Waals surface area contributed by atoms with Crippen LogP contribution in [0.15, 0.2) is 60.3 Å². The Labute approximate surface area is 217 Å². The van der Waals surface area contributed by atoms with Crippen LogP contribution in [-0.4, -0.2) is 48.0 Å². The number of Topliss-reactive ketones (excluding diaryl/α,β-unsaturated/α-hetero) is 1. The second kappa shape index (κ2) is 10.5. The van der Waals surface area contributed by atoms with Gasteiger partial charge in [-0.05, 0) is 35.9 Å². The molecule has 1 atom stereocenters. The lowest BCUT2D eigenvalue weighted by Gasteiger charge is -2.25. The summed E-state index contributed by atoms with van der Waals surface area (Å²) in [6.45, 7) is 0.0911. The van der Waals surface area contributed by atoms with Gasteiger partial charge in [0.15, 0.2) is 11.5 Å². The molecule has 1 aromatic heterocycles. The predicted molar refractivity (Wildman–Crippen MR) is 135 cm³/mol. The minimum absolute atomic E-state index is 0.0101. The van der Waals surface area contributed by atoms with Gasteiger partial charge in [0, 0.05) is 12.7 Å². The van der Waals surface area contributed by atoms with Crippen LogP contribution in [0.5, 0.6) is 17.2 Å². The van der Waals surface area contributed by atoms with Gasteiger partial charge in [0.2, 0.25) is 0 Å². The van der Waals surface area contributed by atoms with E-state index in [9.17, 15) is 14.7 Å². The Bertz CT molecular complexity index is 1340. The normalized spacial score (nSPS) is 16.8. The van der Waals surface area contributed by atoms with Crippen molar-refractivity contribution in [2.75, 3.05) is 21.3 Å². The van der Waals surface area contributed by atoms with Crippen LogP contribution < -0.4 is 14.2 Å². The zero-order valence-electron chi connectivity index (χ0n) is 19.6. The van der Waals surface area contributed by atoms with Crippen LogP contribution in [0.3, 0.4) is 0 Å². The molecule has 1 aliphatic heterocycles. The topological polar surface area (TPSA) is 98.2 Å². The van der Waals surface area contributed by atoms with Crippen LogP contribution in [0.25, 0.3) is 5.76 Å². The van der Waals surface area contributed by atoms with Crippen molar-refractivity contribution in [1.29, 1.82) is 0 Å². The number of halogens is 2. The monoisotopic (exact) mass is 528 g/mol. The first-order valence-corrected chi connectivity index (χ1v) is 11.5. The van der Waals surface area contributed by atoms with Crippen molar-refractivity contribution in [1.82, 2.24) is 9.88 Å². The Kier molecular flexibility index (Phi) is 7.37. The molecule has 2 heterocycles. The maximum Gasteiger partial charge on any atom is 0.296 e. The Hall–Kier alpha value is -3.75. The van der Waals surface area contributed by atoms with E-state index in [-0.39, 0.29) is 39.2 Å². The lowest BCUT2D eigenvalue weighted by atomic mass is 9.97. The standard InChI is InChI=1S/C26H22Cl2N2O6/c1-34-15-9-7-14(8-10-15)13-30-21(18-6-4-5-11-29-18)19(23(32)26(30)33)22(31)16-12-17(27)25(36-3)20(28)24(16)35-2/h4-12,21,31H,13H2,1-3H3/b22-19+. The number of ketones is 1. The number of benzene rings is 2. The number of aromatic nitrogens is 1. The van der Waals surface area contributed by atoms with Crippen LogP contribution in [0.1, 0.15) is 22.9 Å². The van der Waals surface area contributed by atoms with E-state index in [0.29, 0.717) is 11.4 Å². The number of methoxy groups -OCH3 is 3. The third-order valence-electron chi connectivity index (χ3n) is 5.81. The van der Waals surface area contributed by atoms with Crippen LogP contribution in [0.2, 0.25) is 10.0 Å². The molecule has 2 aromatic carbocycles. The van der Waals surface area contributed by atoms with Crippen LogP contribution in [0.4, 0.5) is 0 Å². The molecule has 1 N–H and O–H groups in total. The highest BCUT2D eigenvalue weighted by atomic mass is 35.5. The number of rotatable bonds is 7. The number of aliphatic hydroxyl groups excluding tert-OH is 1. The minimum Gasteiger partial charge on any atom is -0.507 e. The van der Waals surface area contributed by atoms with Crippen LogP contribution in [-0.2, 0) is 16.1 Å². The van der Waals surface area contributed by atoms with E-state index in [2.05, 4.69) is 4.98 Å². The zero-order valence-corrected chi connectivity index (χ0v) is 21.1. The van der Waals surface area contributed by atoms with Crippen molar-refractivity contribution in [3.05, 3.63) is 87.2 Å². The van der Waals surface area contributed by atoms with Gasteiger partial charge in [-0.15, -0.1) is 0 Å². The van der Waals surface area contributed by atoms with Crippen molar-refractivity contribution in [3.63, 3.8) is 0 Å². The second-order valence-electron chi connectivity index (χ2n) is 7.82. The molecule has 1 amide bonds. The third kappa shape index (κ3) is 4.45. The van der Waals surface area contributed by atoms with Crippen molar-refractivity contribution < 1.29 is 28.9 Å². The van der Waals surface area contributed by atoms with E-state index in [0.717, 1.165) is 5.56 Å². The molecule has 1 saturated heterocycles. The van der Waals surface area contributed by atoms with E-state index in [4.69, 9.17) is 37.4 Å². The number of amides is 1. The molecular formula is C26H22Cl2N2O6. The number of ether oxygens (including phenoxy) is 3. The van der Waals surface area contributed by atoms with E-state index in [1.807, 2.05) is 0 Å². The Balaban J connectivity index is 1.90. The average Bonchev–Trinajstić information content (AvgIpc) is 3.14. The quantitative estimate of drug-likeness (QED) is 0.260. The number of aliphatic hydroxyl groups is 1. The molecule has 0 spiro atoms. The third-order valence-corrected chi connectivity index (χ3v) is 6.44. The summed E-state index contributed by atoms with van der Waals surface area (Å²) in [4.78, 5) is 32.3. The van der Waals surface area contributed by atoms with E-state index in [1.54, 1.807) is 55.8 Å². The average molecular weight is 529 g/mol. The summed E-state index contributed by atoms with van der Waals surface area (Å²) in [6, 6.07) is 12.6. The Morgan fingerprint density at radius 1 is 1.00 bits per heavy atom. The summed E-state index contributed by atoms with van der Waals surface area (Å²) in [7, 11) is 4.29. The van der Waals surface area contributed by atoms with E-state index < -0.39 is 23.5 Å². The summed E-state index contributed by atoms with van der Waals surface area (Å²) < 4.78 is 15.8. The minimum atomic E-state index is -0.974. The highest BCUT2D eigenvalue weighted by Gasteiger charge is 2.47. The molecule has 8 nitrogen and oxygen atoms in total. The number of pyridine rings is 1. The Morgan fingerprint density at radius 2 is 1.69 bits per heavy atom. The number of carbonyl (C=O) groups excluding carboxylic acids is 2. The molecule has 1 unspecified atom stereocenters. The SMILES string of the molecule is COc1ccc(CN2C(=O)C(=O)/C(=C(/O)c3cc(Cl)c(OC)c(Cl)c3OC)C2c2ccccn2)cc1. The molecular weight excluding hydrogens is 507 g/mol. The summed E-state index contributed by atoms with van der Waals surface area (Å²) >= 11 is 12.7. The van der Waals surface area contributed by atoms with Crippen LogP contribution >= 0.6 is 23.2 Å². The first kappa shape index (κ1) is 25.3. The van der Waals surface area contributed by atoms with Gasteiger partial charge in [0.25, 0.3) is 11.7 Å². The summed E-state index contributed by atoms with van der Waals surface area (Å²) in [5.41, 5.74) is 1.03. The first-order chi connectivity index (χ1) is 17.3. The largest absolute Gasteiger partial charge is 0.507 e. The van der Waals surface area contributed by atoms with Crippen molar-refractivity contribution in [2.24, 2.45) is 0 Å². The van der Waals surface area contributed by atoms with E-state index >= 15 is 0 Å². The molecule has 3 aromatic rings. The fourth-order valence-corrected chi connectivity index (χ4v) is 4.79. The van der Waals surface area contributed by atoms with Gasteiger partial charge in [-0.1, -0.05) is 41.4 Å². The molecule has 0 radical (unpaired) electrons. The number of carbonyl (C=O) groups is 2. The van der Waals surface area contributed by atoms with Crippen molar-refractivity contribution in [2.45, 2.75) is 12.6 Å². The molecule has 1 aliphatic rings. The van der Waals surface area contributed by atoms with Crippen LogP contribution in [0, 0.1) is 0 Å². The first-order valence-electron chi connectivity index (χ1n) is 10.7. The van der Waals surface area contributed by atoms with Gasteiger partial charge >= 0.3 is 0 Å². The fourth-order valence-electron chi connectivity index (χ4n) is 4.11. The van der Waals surface area contributed by atoms with Gasteiger partial charge in [0.05, 0.1) is 43.2 Å². The number of nitrogens with zero attached hydrogens (tertiary/aromatic N) is 2. The summed E-state index contributed by atoms with van der Waals surface area (Å²) in [5, 5.41) is 11.5. The maximum atomic E-state index is 13.3. The number of hydrogen-bond donors (Lipinski definition) is 1. The van der Waals surface area contributed by atoms with Gasteiger partial charge in [0.1, 0.15) is 22.6 Å². The molecule has 0 saturated carbocycles. The summed E-state index contributed by atoms with van der Waals surface area (Å²) in [5.74, 6) is -1.31. The lowest BCUT2D eigenvalue weighted by molar-refractivity contribution is -0.140.